The minimum absolute atomic E-state index is 0.158. The topological polar surface area (TPSA) is 18.5 Å². The van der Waals surface area contributed by atoms with Gasteiger partial charge in [0.25, 0.3) is 0 Å². The van der Waals surface area contributed by atoms with Gasteiger partial charge in [-0.25, -0.2) is 0 Å². The van der Waals surface area contributed by atoms with E-state index in [1.54, 1.807) is 0 Å². The Kier molecular flexibility index (Phi) is 7.83. The second-order valence-corrected chi connectivity index (χ2v) is 4.90. The molecule has 0 amide bonds. The molecular weight excluding hydrogens is 288 g/mol. The van der Waals surface area contributed by atoms with Crippen LogP contribution < -0.4 is 0 Å². The number of hydrogen-bond donors (Lipinski definition) is 0. The first-order valence-corrected chi connectivity index (χ1v) is 5.97. The molecule has 0 saturated heterocycles. The van der Waals surface area contributed by atoms with Gasteiger partial charge in [0.05, 0.1) is 4.83 Å². The Bertz CT molecular complexity index is 103. The van der Waals surface area contributed by atoms with Gasteiger partial charge < -0.3 is 9.47 Å². The Morgan fingerprint density at radius 2 is 1.50 bits per heavy atom. The van der Waals surface area contributed by atoms with Gasteiger partial charge in [-0.1, -0.05) is 38.8 Å². The van der Waals surface area contributed by atoms with Crippen LogP contribution in [0.25, 0.3) is 0 Å². The van der Waals surface area contributed by atoms with Gasteiger partial charge in [-0.3, -0.25) is 0 Å². The number of ether oxygens (including phenoxy) is 2. The second-order valence-electron chi connectivity index (χ2n) is 2.40. The minimum atomic E-state index is -0.158. The quantitative estimate of drug-likeness (QED) is 0.555. The summed E-state index contributed by atoms with van der Waals surface area (Å²) < 4.78 is 10.8. The van der Waals surface area contributed by atoms with Crippen molar-refractivity contribution in [2.24, 2.45) is 0 Å². The zero-order chi connectivity index (χ0) is 9.56. The third-order valence-corrected chi connectivity index (χ3v) is 3.86. The monoisotopic (exact) mass is 302 g/mol. The summed E-state index contributed by atoms with van der Waals surface area (Å²) in [5, 5.41) is 0. The summed E-state index contributed by atoms with van der Waals surface area (Å²) in [6.07, 6.45) is -0.158. The summed E-state index contributed by atoms with van der Waals surface area (Å²) in [6.45, 7) is 7.33. The number of alkyl halides is 2. The number of hydrogen-bond acceptors (Lipinski definition) is 2. The van der Waals surface area contributed by atoms with E-state index in [1.807, 2.05) is 13.8 Å². The van der Waals surface area contributed by atoms with E-state index in [0.29, 0.717) is 18.0 Å². The average Bonchev–Trinajstić information content (AvgIpc) is 2.03. The van der Waals surface area contributed by atoms with E-state index in [1.165, 1.54) is 0 Å². The summed E-state index contributed by atoms with van der Waals surface area (Å²) in [6, 6.07) is 0. The van der Waals surface area contributed by atoms with Crippen molar-refractivity contribution >= 4 is 31.9 Å². The molecule has 0 bridgehead atoms. The maximum absolute atomic E-state index is 5.41. The van der Waals surface area contributed by atoms with Crippen LogP contribution in [-0.2, 0) is 9.47 Å². The van der Waals surface area contributed by atoms with Crippen molar-refractivity contribution < 1.29 is 9.47 Å². The second kappa shape index (κ2) is 7.30. The smallest absolute Gasteiger partial charge is 0.170 e. The van der Waals surface area contributed by atoms with Gasteiger partial charge in [-0.15, -0.1) is 0 Å². The number of halogens is 2. The van der Waals surface area contributed by atoms with Crippen molar-refractivity contribution in [2.45, 2.75) is 36.7 Å². The first kappa shape index (κ1) is 12.9. The van der Waals surface area contributed by atoms with Crippen LogP contribution in [-0.4, -0.2) is 29.2 Å². The summed E-state index contributed by atoms with van der Waals surface area (Å²) in [4.78, 5) is 0.526. The summed E-state index contributed by atoms with van der Waals surface area (Å²) in [5.41, 5.74) is 0. The predicted octanol–water partition coefficient (Wildman–Crippen LogP) is 2.93. The van der Waals surface area contributed by atoms with Gasteiger partial charge in [0, 0.05) is 18.0 Å². The third-order valence-electron chi connectivity index (χ3n) is 1.36. The molecule has 0 aliphatic heterocycles. The lowest BCUT2D eigenvalue weighted by Crippen LogP contribution is -2.32. The first-order chi connectivity index (χ1) is 5.63. The van der Waals surface area contributed by atoms with Crippen molar-refractivity contribution in [3.8, 4) is 0 Å². The van der Waals surface area contributed by atoms with E-state index < -0.39 is 0 Å². The van der Waals surface area contributed by atoms with Crippen LogP contribution in [0.2, 0.25) is 0 Å². The SMILES string of the molecule is CCOC(OCC)C(Br)C(C)Br. The van der Waals surface area contributed by atoms with Crippen molar-refractivity contribution in [1.29, 1.82) is 0 Å². The standard InChI is InChI=1S/C8H16Br2O2/c1-4-11-8(12-5-2)7(10)6(3)9/h6-8H,4-5H2,1-3H3. The molecule has 0 N–H and O–H groups in total. The van der Waals surface area contributed by atoms with Crippen LogP contribution >= 0.6 is 31.9 Å². The van der Waals surface area contributed by atoms with E-state index in [-0.39, 0.29) is 11.1 Å². The molecule has 4 heteroatoms. The Labute approximate surface area is 91.3 Å². The Hall–Kier alpha value is 0.880. The Morgan fingerprint density at radius 1 is 1.08 bits per heavy atom. The highest BCUT2D eigenvalue weighted by Crippen LogP contribution is 2.20. The fraction of sp³-hybridized carbons (Fsp3) is 1.00. The normalized spacial score (nSPS) is 16.5. The Balaban J connectivity index is 3.89. The fourth-order valence-electron chi connectivity index (χ4n) is 0.777. The molecule has 2 atom stereocenters. The number of rotatable bonds is 6. The lowest BCUT2D eigenvalue weighted by Gasteiger charge is -2.23. The summed E-state index contributed by atoms with van der Waals surface area (Å²) >= 11 is 6.99. The fourth-order valence-corrected chi connectivity index (χ4v) is 1.33. The maximum Gasteiger partial charge on any atom is 0.170 e. The molecule has 2 unspecified atom stereocenters. The van der Waals surface area contributed by atoms with Gasteiger partial charge >= 0.3 is 0 Å². The van der Waals surface area contributed by atoms with Crippen LogP contribution in [0.1, 0.15) is 20.8 Å². The summed E-state index contributed by atoms with van der Waals surface area (Å²) in [5.74, 6) is 0. The third kappa shape index (κ3) is 4.80. The molecule has 0 radical (unpaired) electrons. The average molecular weight is 304 g/mol. The molecule has 0 rings (SSSR count). The van der Waals surface area contributed by atoms with Crippen LogP contribution in [0.5, 0.6) is 0 Å². The molecule has 0 heterocycles. The lowest BCUT2D eigenvalue weighted by atomic mass is 10.3. The van der Waals surface area contributed by atoms with E-state index in [0.717, 1.165) is 0 Å². The van der Waals surface area contributed by atoms with E-state index in [4.69, 9.17) is 9.47 Å². The highest BCUT2D eigenvalue weighted by Gasteiger charge is 2.23. The Morgan fingerprint density at radius 3 is 1.75 bits per heavy atom. The first-order valence-electron chi connectivity index (χ1n) is 4.14. The molecule has 0 saturated carbocycles. The van der Waals surface area contributed by atoms with Crippen LogP contribution in [0.4, 0.5) is 0 Å². The van der Waals surface area contributed by atoms with Crippen LogP contribution in [0.15, 0.2) is 0 Å². The van der Waals surface area contributed by atoms with E-state index in [2.05, 4.69) is 38.8 Å². The van der Waals surface area contributed by atoms with Crippen molar-refractivity contribution in [3.63, 3.8) is 0 Å². The predicted molar refractivity (Wildman–Crippen MR) is 58.1 cm³/mol. The van der Waals surface area contributed by atoms with Gasteiger partial charge in [0.2, 0.25) is 0 Å². The van der Waals surface area contributed by atoms with E-state index >= 15 is 0 Å². The molecule has 12 heavy (non-hydrogen) atoms. The molecule has 0 aliphatic rings. The van der Waals surface area contributed by atoms with E-state index in [9.17, 15) is 0 Å². The van der Waals surface area contributed by atoms with Gasteiger partial charge in [-0.2, -0.15) is 0 Å². The van der Waals surface area contributed by atoms with Crippen molar-refractivity contribution in [2.75, 3.05) is 13.2 Å². The van der Waals surface area contributed by atoms with Crippen molar-refractivity contribution in [1.82, 2.24) is 0 Å². The van der Waals surface area contributed by atoms with Crippen LogP contribution in [0, 0.1) is 0 Å². The zero-order valence-electron chi connectivity index (χ0n) is 7.72. The molecule has 0 fully saturated rings. The highest BCUT2D eigenvalue weighted by atomic mass is 79.9. The molecule has 0 aromatic rings. The molecule has 2 nitrogen and oxygen atoms in total. The lowest BCUT2D eigenvalue weighted by molar-refractivity contribution is -0.133. The zero-order valence-corrected chi connectivity index (χ0v) is 10.9. The van der Waals surface area contributed by atoms with Gasteiger partial charge in [-0.05, 0) is 13.8 Å². The largest absolute Gasteiger partial charge is 0.352 e. The molecule has 74 valence electrons. The molecule has 0 spiro atoms. The van der Waals surface area contributed by atoms with Crippen LogP contribution in [0.3, 0.4) is 0 Å². The molecular formula is C8H16Br2O2. The highest BCUT2D eigenvalue weighted by molar-refractivity contribution is 9.12. The summed E-state index contributed by atoms with van der Waals surface area (Å²) in [7, 11) is 0. The van der Waals surface area contributed by atoms with Gasteiger partial charge in [0.1, 0.15) is 0 Å². The molecule has 0 aliphatic carbocycles. The maximum atomic E-state index is 5.41. The van der Waals surface area contributed by atoms with Crippen molar-refractivity contribution in [3.05, 3.63) is 0 Å². The van der Waals surface area contributed by atoms with Gasteiger partial charge in [0.15, 0.2) is 6.29 Å². The molecule has 0 aromatic heterocycles. The molecule has 0 aromatic carbocycles. The minimum Gasteiger partial charge on any atom is -0.352 e.